The van der Waals surface area contributed by atoms with Gasteiger partial charge in [0.1, 0.15) is 0 Å². The smallest absolute Gasteiger partial charge is 0.357 e. The molecule has 0 saturated heterocycles. The zero-order chi connectivity index (χ0) is 16.8. The topological polar surface area (TPSA) is 42.2 Å². The van der Waals surface area contributed by atoms with E-state index in [2.05, 4.69) is 36.2 Å². The van der Waals surface area contributed by atoms with Gasteiger partial charge in [0.15, 0.2) is 0 Å². The van der Waals surface area contributed by atoms with Crippen LogP contribution in [0.1, 0.15) is 52.1 Å². The fraction of sp³-hybridized carbons (Fsp3) is 0.733. The summed E-state index contributed by atoms with van der Waals surface area (Å²) in [5.41, 5.74) is 0.905. The monoisotopic (exact) mass is 346 g/mol. The molecule has 0 aliphatic heterocycles. The number of imidazole rings is 1. The third-order valence-corrected chi connectivity index (χ3v) is 5.13. The van der Waals surface area contributed by atoms with Crippen LogP contribution in [-0.4, -0.2) is 26.8 Å². The number of nitrogens with zero attached hydrogens (tertiary/aromatic N) is 3. The lowest BCUT2D eigenvalue weighted by molar-refractivity contribution is -0.182. The Morgan fingerprint density at radius 2 is 2.00 bits per heavy atom. The Balaban J connectivity index is 1.70. The number of rotatable bonds is 2. The summed E-state index contributed by atoms with van der Waals surface area (Å²) in [6, 6.07) is -0.173. The largest absolute Gasteiger partial charge is 0.391 e. The van der Waals surface area contributed by atoms with E-state index in [-0.39, 0.29) is 24.3 Å². The Kier molecular flexibility index (Phi) is 4.06. The molecule has 2 heterocycles. The van der Waals surface area contributed by atoms with Crippen LogP contribution >= 0.6 is 11.3 Å². The molecule has 128 valence electrons. The average molecular weight is 346 g/mol. The minimum atomic E-state index is -4.10. The van der Waals surface area contributed by atoms with E-state index in [1.807, 2.05) is 6.20 Å². The molecule has 0 unspecified atom stereocenters. The molecule has 0 aromatic carbocycles. The molecule has 1 aliphatic carbocycles. The van der Waals surface area contributed by atoms with Crippen molar-refractivity contribution in [3.63, 3.8) is 0 Å². The Labute approximate surface area is 137 Å². The van der Waals surface area contributed by atoms with Gasteiger partial charge in [0.2, 0.25) is 10.1 Å². The summed E-state index contributed by atoms with van der Waals surface area (Å²) in [5, 5.41) is 8.21. The molecule has 1 aliphatic rings. The first-order chi connectivity index (χ1) is 10.6. The molecule has 4 nitrogen and oxygen atoms in total. The molecule has 0 bridgehead atoms. The number of anilines is 1. The second-order valence-electron chi connectivity index (χ2n) is 7.26. The maximum absolute atomic E-state index is 12.9. The van der Waals surface area contributed by atoms with Crippen molar-refractivity contribution in [2.45, 2.75) is 64.1 Å². The second-order valence-corrected chi connectivity index (χ2v) is 8.21. The summed E-state index contributed by atoms with van der Waals surface area (Å²) >= 11 is 1.38. The minimum Gasteiger partial charge on any atom is -0.357 e. The van der Waals surface area contributed by atoms with Crippen molar-refractivity contribution in [1.29, 1.82) is 0 Å². The number of nitrogens with one attached hydrogen (secondary N) is 1. The van der Waals surface area contributed by atoms with Crippen molar-refractivity contribution in [1.82, 2.24) is 14.6 Å². The summed E-state index contributed by atoms with van der Waals surface area (Å²) in [5.74, 6) is -1.20. The van der Waals surface area contributed by atoms with Crippen molar-refractivity contribution in [3.8, 4) is 0 Å². The van der Waals surface area contributed by atoms with Gasteiger partial charge in [-0.05, 0) is 19.3 Å². The molecule has 0 amide bonds. The first-order valence-electron chi connectivity index (χ1n) is 7.83. The van der Waals surface area contributed by atoms with Crippen LogP contribution in [0, 0.1) is 5.92 Å². The molecule has 3 rings (SSSR count). The number of halogens is 3. The number of alkyl halides is 3. The Morgan fingerprint density at radius 3 is 2.61 bits per heavy atom. The van der Waals surface area contributed by atoms with Crippen molar-refractivity contribution < 1.29 is 13.2 Å². The molecule has 2 aromatic rings. The minimum absolute atomic E-state index is 0.0513. The van der Waals surface area contributed by atoms with Gasteiger partial charge in [-0.25, -0.2) is 9.50 Å². The second kappa shape index (κ2) is 5.65. The van der Waals surface area contributed by atoms with Crippen LogP contribution in [0.5, 0.6) is 0 Å². The van der Waals surface area contributed by atoms with Crippen LogP contribution in [0.2, 0.25) is 0 Å². The van der Waals surface area contributed by atoms with Crippen molar-refractivity contribution >= 4 is 21.4 Å². The number of fused-ring (bicyclic) bond motifs is 1. The summed E-state index contributed by atoms with van der Waals surface area (Å²) in [6.07, 6.45) is -0.507. The zero-order valence-electron chi connectivity index (χ0n) is 13.4. The maximum atomic E-state index is 12.9. The van der Waals surface area contributed by atoms with Gasteiger partial charge in [-0.15, -0.1) is 5.10 Å². The van der Waals surface area contributed by atoms with Crippen molar-refractivity contribution in [2.24, 2.45) is 5.92 Å². The normalized spacial score (nSPS) is 23.4. The van der Waals surface area contributed by atoms with Gasteiger partial charge in [0.25, 0.3) is 0 Å². The summed E-state index contributed by atoms with van der Waals surface area (Å²) in [4.78, 5) is 5.32. The fourth-order valence-corrected chi connectivity index (χ4v) is 3.77. The predicted molar refractivity (Wildman–Crippen MR) is 85.0 cm³/mol. The summed E-state index contributed by atoms with van der Waals surface area (Å²) < 4.78 is 40.3. The average Bonchev–Trinajstić information content (AvgIpc) is 2.95. The van der Waals surface area contributed by atoms with Gasteiger partial charge in [-0.2, -0.15) is 13.2 Å². The Bertz CT molecular complexity index is 651. The van der Waals surface area contributed by atoms with Gasteiger partial charge in [-0.3, -0.25) is 0 Å². The number of hydrogen-bond acceptors (Lipinski definition) is 4. The first kappa shape index (κ1) is 16.5. The molecular formula is C15H21F3N4S. The van der Waals surface area contributed by atoms with Crippen LogP contribution in [-0.2, 0) is 5.41 Å². The number of hydrogen-bond donors (Lipinski definition) is 1. The maximum Gasteiger partial charge on any atom is 0.391 e. The van der Waals surface area contributed by atoms with E-state index in [0.717, 1.165) is 17.1 Å². The molecule has 23 heavy (non-hydrogen) atoms. The van der Waals surface area contributed by atoms with Gasteiger partial charge < -0.3 is 5.32 Å². The molecule has 2 aromatic heterocycles. The van der Waals surface area contributed by atoms with E-state index >= 15 is 0 Å². The van der Waals surface area contributed by atoms with Crippen LogP contribution in [0.3, 0.4) is 0 Å². The lowest BCUT2D eigenvalue weighted by Crippen LogP contribution is -2.34. The van der Waals surface area contributed by atoms with Gasteiger partial charge in [0, 0.05) is 11.5 Å². The van der Waals surface area contributed by atoms with E-state index in [0.29, 0.717) is 11.6 Å². The summed E-state index contributed by atoms with van der Waals surface area (Å²) in [7, 11) is 0. The van der Waals surface area contributed by atoms with E-state index in [9.17, 15) is 13.2 Å². The third-order valence-electron chi connectivity index (χ3n) is 4.28. The number of aromatic nitrogens is 3. The van der Waals surface area contributed by atoms with Crippen molar-refractivity contribution in [2.75, 3.05) is 5.32 Å². The van der Waals surface area contributed by atoms with E-state index in [1.54, 1.807) is 4.52 Å². The molecule has 1 fully saturated rings. The Morgan fingerprint density at radius 1 is 1.26 bits per heavy atom. The molecule has 1 N–H and O–H groups in total. The molecule has 0 spiro atoms. The van der Waals surface area contributed by atoms with Crippen LogP contribution in [0.15, 0.2) is 6.20 Å². The van der Waals surface area contributed by atoms with E-state index in [1.165, 1.54) is 11.3 Å². The molecule has 0 radical (unpaired) electrons. The molecule has 8 heteroatoms. The molecular weight excluding hydrogens is 325 g/mol. The van der Waals surface area contributed by atoms with Gasteiger partial charge >= 0.3 is 6.18 Å². The highest BCUT2D eigenvalue weighted by Crippen LogP contribution is 2.38. The SMILES string of the molecule is CC(C)(C)c1cn2nc(N[C@@H]3CCC[C@@H](C(F)(F)F)C3)sc2n1. The zero-order valence-corrected chi connectivity index (χ0v) is 14.3. The van der Waals surface area contributed by atoms with Crippen molar-refractivity contribution in [3.05, 3.63) is 11.9 Å². The molecule has 1 saturated carbocycles. The lowest BCUT2D eigenvalue weighted by atomic mass is 9.85. The van der Waals surface area contributed by atoms with Gasteiger partial charge in [-0.1, -0.05) is 38.5 Å². The molecule has 2 atom stereocenters. The van der Waals surface area contributed by atoms with Gasteiger partial charge in [0.05, 0.1) is 17.8 Å². The van der Waals surface area contributed by atoms with E-state index in [4.69, 9.17) is 0 Å². The quantitative estimate of drug-likeness (QED) is 0.863. The summed E-state index contributed by atoms with van der Waals surface area (Å²) in [6.45, 7) is 6.24. The highest BCUT2D eigenvalue weighted by atomic mass is 32.1. The highest BCUT2D eigenvalue weighted by molar-refractivity contribution is 7.20. The van der Waals surface area contributed by atoms with Crippen LogP contribution in [0.25, 0.3) is 4.96 Å². The third kappa shape index (κ3) is 3.62. The highest BCUT2D eigenvalue weighted by Gasteiger charge is 2.42. The predicted octanol–water partition coefficient (Wildman–Crippen LogP) is 4.62. The fourth-order valence-electron chi connectivity index (χ4n) is 2.91. The van der Waals surface area contributed by atoms with Crippen LogP contribution < -0.4 is 5.32 Å². The Hall–Kier alpha value is -1.31. The first-order valence-corrected chi connectivity index (χ1v) is 8.64. The lowest BCUT2D eigenvalue weighted by Gasteiger charge is -2.30. The van der Waals surface area contributed by atoms with E-state index < -0.39 is 12.1 Å². The van der Waals surface area contributed by atoms with Crippen LogP contribution in [0.4, 0.5) is 18.3 Å². The standard InChI is InChI=1S/C15H21F3N4S/c1-14(2,3)11-8-22-13(20-11)23-12(21-22)19-10-6-4-5-9(7-10)15(16,17)18/h8-10H,4-7H2,1-3H3,(H,19,21)/t9-,10-/m1/s1.